The summed E-state index contributed by atoms with van der Waals surface area (Å²) in [6, 6.07) is 25.0. The molecule has 4 rings (SSSR count). The first-order chi connectivity index (χ1) is 14.6. The van der Waals surface area contributed by atoms with Crippen molar-refractivity contribution < 1.29 is 9.53 Å². The summed E-state index contributed by atoms with van der Waals surface area (Å²) in [5.74, 6) is 0.528. The van der Waals surface area contributed by atoms with E-state index in [1.54, 1.807) is 6.20 Å². The average Bonchev–Trinajstić information content (AvgIpc) is 3.08. The number of benzene rings is 2. The van der Waals surface area contributed by atoms with Gasteiger partial charge in [-0.3, -0.25) is 9.78 Å². The van der Waals surface area contributed by atoms with Crippen molar-refractivity contribution in [2.75, 3.05) is 5.32 Å². The monoisotopic (exact) mass is 397 g/mol. The van der Waals surface area contributed by atoms with Crippen LogP contribution in [0.1, 0.15) is 27.4 Å². The molecule has 0 unspecified atom stereocenters. The number of carbonyl (C=O) groups is 1. The van der Waals surface area contributed by atoms with E-state index in [1.165, 1.54) is 0 Å². The maximum atomic E-state index is 12.9. The number of nitrogens with zero attached hydrogens (tertiary/aromatic N) is 2. The lowest BCUT2D eigenvalue weighted by Gasteiger charge is -2.11. The number of aryl methyl sites for hydroxylation is 1. The van der Waals surface area contributed by atoms with Crippen LogP contribution in [0.2, 0.25) is 0 Å². The average molecular weight is 397 g/mol. The Balaban J connectivity index is 1.49. The zero-order valence-electron chi connectivity index (χ0n) is 17.0. The van der Waals surface area contributed by atoms with Crippen molar-refractivity contribution in [2.45, 2.75) is 20.5 Å². The van der Waals surface area contributed by atoms with E-state index in [-0.39, 0.29) is 5.91 Å². The van der Waals surface area contributed by atoms with Crippen LogP contribution >= 0.6 is 0 Å². The highest BCUT2D eigenvalue weighted by molar-refractivity contribution is 6.05. The minimum Gasteiger partial charge on any atom is -0.487 e. The second-order valence-corrected chi connectivity index (χ2v) is 7.05. The molecule has 30 heavy (non-hydrogen) atoms. The third kappa shape index (κ3) is 4.25. The van der Waals surface area contributed by atoms with Crippen LogP contribution in [0.4, 0.5) is 5.69 Å². The SMILES string of the molecule is Cc1cc(C(=O)Nc2cccc(OCc3ccccn3)c2)c(C)n1-c1ccccc1. The summed E-state index contributed by atoms with van der Waals surface area (Å²) < 4.78 is 7.89. The van der Waals surface area contributed by atoms with Gasteiger partial charge >= 0.3 is 0 Å². The van der Waals surface area contributed by atoms with Crippen molar-refractivity contribution in [3.05, 3.63) is 108 Å². The van der Waals surface area contributed by atoms with Crippen LogP contribution in [0, 0.1) is 13.8 Å². The Bertz CT molecular complexity index is 1150. The van der Waals surface area contributed by atoms with Gasteiger partial charge < -0.3 is 14.6 Å². The van der Waals surface area contributed by atoms with Gasteiger partial charge in [0.15, 0.2) is 0 Å². The van der Waals surface area contributed by atoms with Crippen molar-refractivity contribution in [2.24, 2.45) is 0 Å². The number of carbonyl (C=O) groups excluding carboxylic acids is 1. The van der Waals surface area contributed by atoms with Gasteiger partial charge in [-0.05, 0) is 56.3 Å². The van der Waals surface area contributed by atoms with E-state index in [2.05, 4.69) is 14.9 Å². The topological polar surface area (TPSA) is 56.1 Å². The summed E-state index contributed by atoms with van der Waals surface area (Å²) in [6.07, 6.45) is 1.74. The highest BCUT2D eigenvalue weighted by Gasteiger charge is 2.17. The quantitative estimate of drug-likeness (QED) is 0.479. The fourth-order valence-electron chi connectivity index (χ4n) is 3.47. The Kier molecular flexibility index (Phi) is 5.61. The van der Waals surface area contributed by atoms with Gasteiger partial charge in [-0.2, -0.15) is 0 Å². The second-order valence-electron chi connectivity index (χ2n) is 7.05. The molecule has 2 aromatic heterocycles. The normalized spacial score (nSPS) is 10.6. The molecule has 5 nitrogen and oxygen atoms in total. The molecular weight excluding hydrogens is 374 g/mol. The molecule has 2 heterocycles. The number of hydrogen-bond acceptors (Lipinski definition) is 3. The summed E-state index contributed by atoms with van der Waals surface area (Å²) >= 11 is 0. The smallest absolute Gasteiger partial charge is 0.257 e. The maximum absolute atomic E-state index is 12.9. The standard InChI is InChI=1S/C25H23N3O2/c1-18-15-24(19(2)28(18)22-11-4-3-5-12-22)25(29)27-20-10-8-13-23(16-20)30-17-21-9-6-7-14-26-21/h3-16H,17H2,1-2H3,(H,27,29). The molecule has 5 heteroatoms. The zero-order valence-corrected chi connectivity index (χ0v) is 17.0. The Morgan fingerprint density at radius 2 is 1.77 bits per heavy atom. The van der Waals surface area contributed by atoms with E-state index in [1.807, 2.05) is 92.7 Å². The lowest BCUT2D eigenvalue weighted by atomic mass is 10.2. The number of pyridine rings is 1. The molecule has 150 valence electrons. The van der Waals surface area contributed by atoms with E-state index in [9.17, 15) is 4.79 Å². The highest BCUT2D eigenvalue weighted by atomic mass is 16.5. The third-order valence-electron chi connectivity index (χ3n) is 4.89. The molecule has 0 radical (unpaired) electrons. The van der Waals surface area contributed by atoms with Crippen LogP contribution in [0.25, 0.3) is 5.69 Å². The number of aromatic nitrogens is 2. The molecule has 0 saturated heterocycles. The number of hydrogen-bond donors (Lipinski definition) is 1. The van der Waals surface area contributed by atoms with Gasteiger partial charge in [0, 0.05) is 35.0 Å². The Morgan fingerprint density at radius 1 is 0.967 bits per heavy atom. The highest BCUT2D eigenvalue weighted by Crippen LogP contribution is 2.23. The van der Waals surface area contributed by atoms with Crippen LogP contribution in [0.15, 0.2) is 85.1 Å². The van der Waals surface area contributed by atoms with Crippen molar-refractivity contribution >= 4 is 11.6 Å². The van der Waals surface area contributed by atoms with Gasteiger partial charge in [-0.25, -0.2) is 0 Å². The summed E-state index contributed by atoms with van der Waals surface area (Å²) in [6.45, 7) is 4.33. The number of ether oxygens (including phenoxy) is 1. The van der Waals surface area contributed by atoms with Gasteiger partial charge in [-0.1, -0.05) is 30.3 Å². The van der Waals surface area contributed by atoms with Crippen LogP contribution in [-0.4, -0.2) is 15.5 Å². The van der Waals surface area contributed by atoms with Crippen LogP contribution < -0.4 is 10.1 Å². The summed E-state index contributed by atoms with van der Waals surface area (Å²) in [7, 11) is 0. The zero-order chi connectivity index (χ0) is 20.9. The number of para-hydroxylation sites is 1. The van der Waals surface area contributed by atoms with Gasteiger partial charge in [-0.15, -0.1) is 0 Å². The fourth-order valence-corrected chi connectivity index (χ4v) is 3.47. The van der Waals surface area contributed by atoms with E-state index in [4.69, 9.17) is 4.74 Å². The summed E-state index contributed by atoms with van der Waals surface area (Å²) in [5.41, 5.74) is 5.13. The first-order valence-corrected chi connectivity index (χ1v) is 9.80. The van der Waals surface area contributed by atoms with E-state index in [0.29, 0.717) is 23.6 Å². The third-order valence-corrected chi connectivity index (χ3v) is 4.89. The number of rotatable bonds is 6. The van der Waals surface area contributed by atoms with E-state index < -0.39 is 0 Å². The van der Waals surface area contributed by atoms with Crippen LogP contribution in [0.3, 0.4) is 0 Å². The summed E-state index contributed by atoms with van der Waals surface area (Å²) in [4.78, 5) is 17.2. The Hall–Kier alpha value is -3.86. The summed E-state index contributed by atoms with van der Waals surface area (Å²) in [5, 5.41) is 2.98. The van der Waals surface area contributed by atoms with Crippen molar-refractivity contribution in [1.29, 1.82) is 0 Å². The van der Waals surface area contributed by atoms with E-state index in [0.717, 1.165) is 22.8 Å². The molecule has 1 N–H and O–H groups in total. The van der Waals surface area contributed by atoms with Crippen molar-refractivity contribution in [3.63, 3.8) is 0 Å². The second kappa shape index (κ2) is 8.66. The molecule has 0 atom stereocenters. The number of anilines is 1. The van der Waals surface area contributed by atoms with Gasteiger partial charge in [0.1, 0.15) is 12.4 Å². The minimum atomic E-state index is -0.146. The van der Waals surface area contributed by atoms with E-state index >= 15 is 0 Å². The Labute approximate surface area is 176 Å². The van der Waals surface area contributed by atoms with Crippen LogP contribution in [-0.2, 0) is 6.61 Å². The lowest BCUT2D eigenvalue weighted by Crippen LogP contribution is -2.13. The van der Waals surface area contributed by atoms with Gasteiger partial charge in [0.25, 0.3) is 5.91 Å². The molecular formula is C25H23N3O2. The molecule has 0 aliphatic heterocycles. The number of amides is 1. The molecule has 4 aromatic rings. The Morgan fingerprint density at radius 3 is 2.53 bits per heavy atom. The molecule has 0 fully saturated rings. The fraction of sp³-hybridized carbons (Fsp3) is 0.120. The molecule has 0 aliphatic rings. The number of nitrogens with one attached hydrogen (secondary N) is 1. The predicted octanol–water partition coefficient (Wildman–Crippen LogP) is 5.32. The molecule has 0 aliphatic carbocycles. The predicted molar refractivity (Wildman–Crippen MR) is 118 cm³/mol. The van der Waals surface area contributed by atoms with Gasteiger partial charge in [0.05, 0.1) is 11.3 Å². The molecule has 0 bridgehead atoms. The van der Waals surface area contributed by atoms with Crippen LogP contribution in [0.5, 0.6) is 5.75 Å². The van der Waals surface area contributed by atoms with Gasteiger partial charge in [0.2, 0.25) is 0 Å². The molecule has 1 amide bonds. The molecule has 2 aromatic carbocycles. The largest absolute Gasteiger partial charge is 0.487 e. The first-order valence-electron chi connectivity index (χ1n) is 9.80. The minimum absolute atomic E-state index is 0.146. The van der Waals surface area contributed by atoms with Crippen molar-refractivity contribution in [1.82, 2.24) is 9.55 Å². The maximum Gasteiger partial charge on any atom is 0.257 e. The molecule has 0 spiro atoms. The van der Waals surface area contributed by atoms with Crippen molar-refractivity contribution in [3.8, 4) is 11.4 Å². The molecule has 0 saturated carbocycles. The first kappa shape index (κ1) is 19.5. The lowest BCUT2D eigenvalue weighted by molar-refractivity contribution is 0.102.